The molecule has 0 aliphatic carbocycles. The smallest absolute Gasteiger partial charge is 0.156 e. The zero-order valence-electron chi connectivity index (χ0n) is 12.2. The molecule has 1 N–H and O–H groups in total. The van der Waals surface area contributed by atoms with E-state index in [0.29, 0.717) is 29.9 Å². The van der Waals surface area contributed by atoms with Gasteiger partial charge in [-0.3, -0.25) is 0 Å². The van der Waals surface area contributed by atoms with Crippen molar-refractivity contribution in [2.75, 3.05) is 14.2 Å². The van der Waals surface area contributed by atoms with Crippen molar-refractivity contribution in [2.24, 2.45) is 0 Å². The molecule has 3 rings (SSSR count). The van der Waals surface area contributed by atoms with Crippen LogP contribution in [0, 0.1) is 0 Å². The third kappa shape index (κ3) is 2.21. The fraction of sp³-hybridized carbons (Fsp3) is 0.600. The van der Waals surface area contributed by atoms with Gasteiger partial charge in [-0.25, -0.2) is 8.42 Å². The second kappa shape index (κ2) is 4.88. The minimum Gasteiger partial charge on any atom is -0.497 e. The van der Waals surface area contributed by atoms with Crippen LogP contribution in [0.15, 0.2) is 18.2 Å². The van der Waals surface area contributed by atoms with Crippen LogP contribution in [0.1, 0.15) is 31.2 Å². The third-order valence-corrected chi connectivity index (χ3v) is 7.44. The zero-order valence-corrected chi connectivity index (χ0v) is 13.0. The van der Waals surface area contributed by atoms with Crippen LogP contribution >= 0.6 is 0 Å². The van der Waals surface area contributed by atoms with Crippen LogP contribution in [0.4, 0.5) is 0 Å². The lowest BCUT2D eigenvalue weighted by Crippen LogP contribution is -2.43. The van der Waals surface area contributed by atoms with Crippen LogP contribution in [0.25, 0.3) is 0 Å². The minimum atomic E-state index is -3.07. The lowest BCUT2D eigenvalue weighted by molar-refractivity contribution is 0.0151. The summed E-state index contributed by atoms with van der Waals surface area (Å²) < 4.78 is 34.9. The Morgan fingerprint density at radius 3 is 2.29 bits per heavy atom. The fourth-order valence-corrected chi connectivity index (χ4v) is 6.14. The van der Waals surface area contributed by atoms with Gasteiger partial charge in [0, 0.05) is 11.6 Å². The SMILES string of the molecule is COc1ccc(C2(O)CC3CCC(C2)S3(=O)=O)c(OC)c1. The van der Waals surface area contributed by atoms with E-state index in [1.54, 1.807) is 25.3 Å². The maximum absolute atomic E-state index is 12.2. The quantitative estimate of drug-likeness (QED) is 0.918. The molecule has 21 heavy (non-hydrogen) atoms. The van der Waals surface area contributed by atoms with Crippen molar-refractivity contribution in [3.63, 3.8) is 0 Å². The minimum absolute atomic E-state index is 0.245. The zero-order chi connectivity index (χ0) is 15.3. The van der Waals surface area contributed by atoms with E-state index >= 15 is 0 Å². The highest BCUT2D eigenvalue weighted by Gasteiger charge is 2.53. The van der Waals surface area contributed by atoms with Gasteiger partial charge in [0.25, 0.3) is 0 Å². The molecule has 2 fully saturated rings. The molecule has 2 aliphatic rings. The van der Waals surface area contributed by atoms with Crippen molar-refractivity contribution in [1.82, 2.24) is 0 Å². The molecule has 0 aromatic heterocycles. The monoisotopic (exact) mass is 312 g/mol. The average molecular weight is 312 g/mol. The van der Waals surface area contributed by atoms with Crippen molar-refractivity contribution in [3.8, 4) is 11.5 Å². The summed E-state index contributed by atoms with van der Waals surface area (Å²) in [6.07, 6.45) is 1.78. The van der Waals surface area contributed by atoms with Gasteiger partial charge in [-0.15, -0.1) is 0 Å². The van der Waals surface area contributed by atoms with Crippen molar-refractivity contribution in [1.29, 1.82) is 0 Å². The van der Waals surface area contributed by atoms with Gasteiger partial charge in [-0.05, 0) is 37.8 Å². The Morgan fingerprint density at radius 2 is 1.76 bits per heavy atom. The van der Waals surface area contributed by atoms with E-state index in [9.17, 15) is 13.5 Å². The van der Waals surface area contributed by atoms with Gasteiger partial charge in [-0.1, -0.05) is 0 Å². The molecule has 6 heteroatoms. The molecular weight excluding hydrogens is 292 g/mol. The Morgan fingerprint density at radius 1 is 1.14 bits per heavy atom. The van der Waals surface area contributed by atoms with Crippen LogP contribution in [0.5, 0.6) is 11.5 Å². The molecule has 5 nitrogen and oxygen atoms in total. The first-order valence-electron chi connectivity index (χ1n) is 7.08. The number of fused-ring (bicyclic) bond motifs is 2. The molecule has 2 bridgehead atoms. The molecule has 2 atom stereocenters. The maximum Gasteiger partial charge on any atom is 0.156 e. The van der Waals surface area contributed by atoms with E-state index in [4.69, 9.17) is 9.47 Å². The fourth-order valence-electron chi connectivity index (χ4n) is 3.65. The molecule has 0 saturated carbocycles. The van der Waals surface area contributed by atoms with E-state index in [1.807, 2.05) is 0 Å². The summed E-state index contributed by atoms with van der Waals surface area (Å²) in [5.74, 6) is 1.18. The van der Waals surface area contributed by atoms with Crippen LogP contribution in [-0.2, 0) is 15.4 Å². The second-order valence-electron chi connectivity index (χ2n) is 5.92. The molecular formula is C15H20O5S. The topological polar surface area (TPSA) is 72.8 Å². The summed E-state index contributed by atoms with van der Waals surface area (Å²) >= 11 is 0. The molecule has 2 aliphatic heterocycles. The van der Waals surface area contributed by atoms with Gasteiger partial charge in [0.2, 0.25) is 0 Å². The number of sulfone groups is 1. The Hall–Kier alpha value is -1.27. The van der Waals surface area contributed by atoms with Gasteiger partial charge < -0.3 is 14.6 Å². The van der Waals surface area contributed by atoms with E-state index in [0.717, 1.165) is 0 Å². The van der Waals surface area contributed by atoms with Crippen LogP contribution < -0.4 is 9.47 Å². The molecule has 2 saturated heterocycles. The number of benzene rings is 1. The first-order valence-corrected chi connectivity index (χ1v) is 8.69. The molecule has 0 spiro atoms. The summed E-state index contributed by atoms with van der Waals surface area (Å²) in [5, 5.41) is 10.2. The third-order valence-electron chi connectivity index (χ3n) is 4.78. The molecule has 1 aromatic carbocycles. The van der Waals surface area contributed by atoms with Gasteiger partial charge in [0.1, 0.15) is 11.5 Å². The lowest BCUT2D eigenvalue weighted by atomic mass is 9.85. The Kier molecular flexibility index (Phi) is 3.41. The standard InChI is InChI=1S/C15H20O5S/c1-19-10-3-6-13(14(7-10)20-2)15(16)8-11-4-5-12(9-15)21(11,17)18/h3,6-7,11-12,16H,4-5,8-9H2,1-2H3. The Balaban J connectivity index is 2.01. The van der Waals surface area contributed by atoms with Crippen molar-refractivity contribution in [3.05, 3.63) is 23.8 Å². The molecule has 116 valence electrons. The molecule has 0 radical (unpaired) electrons. The van der Waals surface area contributed by atoms with Crippen molar-refractivity contribution >= 4 is 9.84 Å². The number of methoxy groups -OCH3 is 2. The molecule has 2 unspecified atom stereocenters. The normalized spacial score (nSPS) is 33.7. The summed E-state index contributed by atoms with van der Waals surface area (Å²) in [6.45, 7) is 0. The van der Waals surface area contributed by atoms with Gasteiger partial charge in [0.05, 0.1) is 30.3 Å². The van der Waals surface area contributed by atoms with Gasteiger partial charge in [0.15, 0.2) is 9.84 Å². The molecule has 0 amide bonds. The van der Waals surface area contributed by atoms with Gasteiger partial charge in [-0.2, -0.15) is 0 Å². The van der Waals surface area contributed by atoms with E-state index in [2.05, 4.69) is 0 Å². The van der Waals surface area contributed by atoms with E-state index in [1.165, 1.54) is 7.11 Å². The highest BCUT2D eigenvalue weighted by Crippen LogP contribution is 2.49. The summed E-state index contributed by atoms with van der Waals surface area (Å²) in [6, 6.07) is 5.26. The van der Waals surface area contributed by atoms with Crippen LogP contribution in [0.2, 0.25) is 0 Å². The summed E-state index contributed by atoms with van der Waals surface area (Å²) in [5.41, 5.74) is -0.494. The Labute approximate surface area is 124 Å². The second-order valence-corrected chi connectivity index (χ2v) is 8.43. The van der Waals surface area contributed by atoms with E-state index in [-0.39, 0.29) is 12.8 Å². The van der Waals surface area contributed by atoms with Gasteiger partial charge >= 0.3 is 0 Å². The molecule has 1 aromatic rings. The predicted octanol–water partition coefficient (Wildman–Crippen LogP) is 1.63. The Bertz CT molecular complexity index is 632. The summed E-state index contributed by atoms with van der Waals surface area (Å²) in [4.78, 5) is 0. The number of ether oxygens (including phenoxy) is 2. The predicted molar refractivity (Wildman–Crippen MR) is 78.4 cm³/mol. The highest BCUT2D eigenvalue weighted by molar-refractivity contribution is 7.93. The number of hydrogen-bond acceptors (Lipinski definition) is 5. The number of hydrogen-bond donors (Lipinski definition) is 1. The van der Waals surface area contributed by atoms with Crippen molar-refractivity contribution in [2.45, 2.75) is 41.8 Å². The molecule has 2 heterocycles. The maximum atomic E-state index is 12.2. The first-order chi connectivity index (χ1) is 9.90. The van der Waals surface area contributed by atoms with Crippen LogP contribution in [0.3, 0.4) is 0 Å². The number of rotatable bonds is 3. The number of aliphatic hydroxyl groups is 1. The van der Waals surface area contributed by atoms with E-state index < -0.39 is 25.9 Å². The van der Waals surface area contributed by atoms with Crippen molar-refractivity contribution < 1.29 is 23.0 Å². The first kappa shape index (κ1) is 14.7. The summed E-state index contributed by atoms with van der Waals surface area (Å²) in [7, 11) is 0.0376. The largest absolute Gasteiger partial charge is 0.497 e. The average Bonchev–Trinajstić information content (AvgIpc) is 2.66. The highest BCUT2D eigenvalue weighted by atomic mass is 32.2. The van der Waals surface area contributed by atoms with Crippen LogP contribution in [-0.4, -0.2) is 38.2 Å². The lowest BCUT2D eigenvalue weighted by Gasteiger charge is -2.37.